The zero-order valence-electron chi connectivity index (χ0n) is 15.6. The van der Waals surface area contributed by atoms with Gasteiger partial charge in [0.05, 0.1) is 0 Å². The van der Waals surface area contributed by atoms with Crippen LogP contribution in [0.3, 0.4) is 0 Å². The number of rotatable bonds is 5. The smallest absolute Gasteiger partial charge is 0.222 e. The molecular formula is C21H29N3O. The SMILES string of the molecule is Cc1ccccc1CCC(=O)N1CCC[C@H](c2nccn2C(C)C)C1. The maximum atomic E-state index is 12.7. The Kier molecular flexibility index (Phi) is 5.57. The maximum Gasteiger partial charge on any atom is 0.222 e. The zero-order chi connectivity index (χ0) is 17.8. The van der Waals surface area contributed by atoms with Crippen molar-refractivity contribution in [3.05, 3.63) is 53.6 Å². The van der Waals surface area contributed by atoms with Crippen molar-refractivity contribution in [2.45, 2.75) is 58.4 Å². The van der Waals surface area contributed by atoms with E-state index in [1.54, 1.807) is 0 Å². The number of hydrogen-bond acceptors (Lipinski definition) is 2. The molecule has 25 heavy (non-hydrogen) atoms. The van der Waals surface area contributed by atoms with Crippen molar-refractivity contribution in [3.63, 3.8) is 0 Å². The van der Waals surface area contributed by atoms with Gasteiger partial charge in [0.1, 0.15) is 5.82 Å². The summed E-state index contributed by atoms with van der Waals surface area (Å²) in [5.74, 6) is 1.76. The lowest BCUT2D eigenvalue weighted by atomic mass is 9.96. The van der Waals surface area contributed by atoms with Crippen molar-refractivity contribution in [2.24, 2.45) is 0 Å². The summed E-state index contributed by atoms with van der Waals surface area (Å²) in [6.07, 6.45) is 7.54. The molecular weight excluding hydrogens is 310 g/mol. The van der Waals surface area contributed by atoms with Crippen LogP contribution in [0.2, 0.25) is 0 Å². The van der Waals surface area contributed by atoms with Gasteiger partial charge in [-0.15, -0.1) is 0 Å². The van der Waals surface area contributed by atoms with Crippen LogP contribution in [0.5, 0.6) is 0 Å². The van der Waals surface area contributed by atoms with Crippen LogP contribution in [0, 0.1) is 6.92 Å². The number of aryl methyl sites for hydroxylation is 2. The normalized spacial score (nSPS) is 17.9. The molecule has 1 saturated heterocycles. The molecule has 1 aliphatic heterocycles. The Bertz CT molecular complexity index is 719. The minimum Gasteiger partial charge on any atom is -0.342 e. The lowest BCUT2D eigenvalue weighted by molar-refractivity contribution is -0.132. The third-order valence-corrected chi connectivity index (χ3v) is 5.26. The fourth-order valence-electron chi connectivity index (χ4n) is 3.78. The Morgan fingerprint density at radius 3 is 2.88 bits per heavy atom. The molecule has 0 aliphatic carbocycles. The topological polar surface area (TPSA) is 38.1 Å². The molecule has 1 aliphatic rings. The number of benzene rings is 1. The van der Waals surface area contributed by atoms with Crippen LogP contribution in [-0.4, -0.2) is 33.4 Å². The van der Waals surface area contributed by atoms with Crippen LogP contribution >= 0.6 is 0 Å². The predicted octanol–water partition coefficient (Wildman–Crippen LogP) is 4.11. The molecule has 0 spiro atoms. The monoisotopic (exact) mass is 339 g/mol. The second kappa shape index (κ2) is 7.85. The molecule has 2 aromatic rings. The molecule has 1 atom stereocenters. The number of nitrogens with zero attached hydrogens (tertiary/aromatic N) is 3. The largest absolute Gasteiger partial charge is 0.342 e. The third-order valence-electron chi connectivity index (χ3n) is 5.26. The van der Waals surface area contributed by atoms with Crippen LogP contribution in [0.15, 0.2) is 36.7 Å². The highest BCUT2D eigenvalue weighted by molar-refractivity contribution is 5.76. The number of hydrogen-bond donors (Lipinski definition) is 0. The zero-order valence-corrected chi connectivity index (χ0v) is 15.6. The van der Waals surface area contributed by atoms with Gasteiger partial charge in [-0.05, 0) is 51.2 Å². The first-order chi connectivity index (χ1) is 12.1. The summed E-state index contributed by atoms with van der Waals surface area (Å²) in [4.78, 5) is 19.3. The number of amides is 1. The lowest BCUT2D eigenvalue weighted by Crippen LogP contribution is -2.40. The number of likely N-dealkylation sites (tertiary alicyclic amines) is 1. The van der Waals surface area contributed by atoms with E-state index in [-0.39, 0.29) is 5.91 Å². The highest BCUT2D eigenvalue weighted by Crippen LogP contribution is 2.28. The summed E-state index contributed by atoms with van der Waals surface area (Å²) in [6, 6.07) is 8.75. The highest BCUT2D eigenvalue weighted by Gasteiger charge is 2.27. The van der Waals surface area contributed by atoms with Crippen molar-refractivity contribution in [1.29, 1.82) is 0 Å². The summed E-state index contributed by atoms with van der Waals surface area (Å²) < 4.78 is 2.24. The molecule has 4 nitrogen and oxygen atoms in total. The summed E-state index contributed by atoms with van der Waals surface area (Å²) >= 11 is 0. The summed E-state index contributed by atoms with van der Waals surface area (Å²) in [7, 11) is 0. The van der Waals surface area contributed by atoms with E-state index >= 15 is 0 Å². The molecule has 1 amide bonds. The fourth-order valence-corrected chi connectivity index (χ4v) is 3.78. The molecule has 2 heterocycles. The van der Waals surface area contributed by atoms with Gasteiger partial charge in [-0.2, -0.15) is 0 Å². The molecule has 1 aromatic carbocycles. The van der Waals surface area contributed by atoms with Gasteiger partial charge in [0.25, 0.3) is 0 Å². The second-order valence-electron chi connectivity index (χ2n) is 7.39. The van der Waals surface area contributed by atoms with Gasteiger partial charge in [-0.3, -0.25) is 4.79 Å². The molecule has 0 radical (unpaired) electrons. The van der Waals surface area contributed by atoms with E-state index in [0.717, 1.165) is 38.2 Å². The van der Waals surface area contributed by atoms with Gasteiger partial charge in [-0.25, -0.2) is 4.98 Å². The molecule has 0 unspecified atom stereocenters. The van der Waals surface area contributed by atoms with Crippen LogP contribution < -0.4 is 0 Å². The number of imidazole rings is 1. The first-order valence-corrected chi connectivity index (χ1v) is 9.41. The Balaban J connectivity index is 1.62. The van der Waals surface area contributed by atoms with Crippen LogP contribution in [0.1, 0.15) is 62.0 Å². The molecule has 4 heteroatoms. The van der Waals surface area contributed by atoms with E-state index in [4.69, 9.17) is 0 Å². The van der Waals surface area contributed by atoms with E-state index in [1.807, 2.05) is 17.2 Å². The number of piperidine rings is 1. The van der Waals surface area contributed by atoms with E-state index in [2.05, 4.69) is 54.7 Å². The maximum absolute atomic E-state index is 12.7. The van der Waals surface area contributed by atoms with E-state index < -0.39 is 0 Å². The van der Waals surface area contributed by atoms with Gasteiger partial charge in [0.2, 0.25) is 5.91 Å². The predicted molar refractivity (Wildman–Crippen MR) is 101 cm³/mol. The molecule has 1 fully saturated rings. The van der Waals surface area contributed by atoms with Gasteiger partial charge in [-0.1, -0.05) is 24.3 Å². The summed E-state index contributed by atoms with van der Waals surface area (Å²) in [6.45, 7) is 8.16. The minimum absolute atomic E-state index is 0.274. The Morgan fingerprint density at radius 1 is 1.32 bits per heavy atom. The first-order valence-electron chi connectivity index (χ1n) is 9.41. The van der Waals surface area contributed by atoms with Crippen LogP contribution in [0.4, 0.5) is 0 Å². The van der Waals surface area contributed by atoms with Crippen LogP contribution in [0.25, 0.3) is 0 Å². The number of carbonyl (C=O) groups excluding carboxylic acids is 1. The van der Waals surface area contributed by atoms with Crippen molar-refractivity contribution >= 4 is 5.91 Å². The molecule has 0 N–H and O–H groups in total. The quantitative estimate of drug-likeness (QED) is 0.822. The number of carbonyl (C=O) groups is 1. The molecule has 3 rings (SSSR count). The van der Waals surface area contributed by atoms with Gasteiger partial charge < -0.3 is 9.47 Å². The number of aromatic nitrogens is 2. The molecule has 0 bridgehead atoms. The van der Waals surface area contributed by atoms with Crippen LogP contribution in [-0.2, 0) is 11.2 Å². The van der Waals surface area contributed by atoms with Gasteiger partial charge in [0.15, 0.2) is 0 Å². The fraction of sp³-hybridized carbons (Fsp3) is 0.524. The third kappa shape index (κ3) is 4.12. The van der Waals surface area contributed by atoms with E-state index in [9.17, 15) is 4.79 Å². The van der Waals surface area contributed by atoms with Crippen molar-refractivity contribution in [3.8, 4) is 0 Å². The Morgan fingerprint density at radius 2 is 2.12 bits per heavy atom. The average Bonchev–Trinajstić information content (AvgIpc) is 3.11. The van der Waals surface area contributed by atoms with Crippen molar-refractivity contribution in [1.82, 2.24) is 14.5 Å². The van der Waals surface area contributed by atoms with Crippen molar-refractivity contribution in [2.75, 3.05) is 13.1 Å². The molecule has 134 valence electrons. The molecule has 1 aromatic heterocycles. The Hall–Kier alpha value is -2.10. The Labute approximate surface area is 150 Å². The average molecular weight is 339 g/mol. The first kappa shape index (κ1) is 17.7. The van der Waals surface area contributed by atoms with E-state index in [0.29, 0.717) is 18.4 Å². The van der Waals surface area contributed by atoms with Gasteiger partial charge >= 0.3 is 0 Å². The standard InChI is InChI=1S/C21H29N3O/c1-16(2)24-14-12-22-21(24)19-9-6-13-23(15-19)20(25)11-10-18-8-5-4-7-17(18)3/h4-5,7-8,12,14,16,19H,6,9-11,13,15H2,1-3H3/t19-/m0/s1. The summed E-state index contributed by atoms with van der Waals surface area (Å²) in [5, 5.41) is 0. The second-order valence-corrected chi connectivity index (χ2v) is 7.39. The highest BCUT2D eigenvalue weighted by atomic mass is 16.2. The minimum atomic E-state index is 0.274. The molecule has 0 saturated carbocycles. The lowest BCUT2D eigenvalue weighted by Gasteiger charge is -2.33. The van der Waals surface area contributed by atoms with Gasteiger partial charge in [0, 0.05) is 43.9 Å². The summed E-state index contributed by atoms with van der Waals surface area (Å²) in [5.41, 5.74) is 2.55. The van der Waals surface area contributed by atoms with E-state index in [1.165, 1.54) is 11.1 Å². The van der Waals surface area contributed by atoms with Crippen molar-refractivity contribution < 1.29 is 4.79 Å².